The molecule has 3 aromatic carbocycles. The van der Waals surface area contributed by atoms with Crippen LogP contribution in [0.25, 0.3) is 0 Å². The van der Waals surface area contributed by atoms with Crippen LogP contribution in [0.15, 0.2) is 84.9 Å². The molecule has 0 spiro atoms. The van der Waals surface area contributed by atoms with E-state index in [9.17, 15) is 18.0 Å². The number of hydrogen-bond acceptors (Lipinski definition) is 1. The number of quaternary nitrogens is 1. The van der Waals surface area contributed by atoms with Crippen LogP contribution in [-0.4, -0.2) is 5.91 Å². The third-order valence-corrected chi connectivity index (χ3v) is 4.71. The third-order valence-electron chi connectivity index (χ3n) is 4.71. The van der Waals surface area contributed by atoms with Crippen LogP contribution in [0.2, 0.25) is 0 Å². The largest absolute Gasteiger partial charge is 0.416 e. The van der Waals surface area contributed by atoms with E-state index in [0.29, 0.717) is 0 Å². The first-order valence-electron chi connectivity index (χ1n) is 9.27. The van der Waals surface area contributed by atoms with Crippen LogP contribution in [0, 0.1) is 0 Å². The number of carbonyl (C=O) groups excluding carboxylic acids is 1. The Balaban J connectivity index is 1.84. The predicted octanol–water partition coefficient (Wildman–Crippen LogP) is 4.71. The molecule has 150 valence electrons. The Morgan fingerprint density at radius 2 is 1.45 bits per heavy atom. The van der Waals surface area contributed by atoms with Gasteiger partial charge < -0.3 is 10.6 Å². The minimum atomic E-state index is -4.46. The molecule has 3 rings (SSSR count). The number of amides is 1. The van der Waals surface area contributed by atoms with Gasteiger partial charge in [0.15, 0.2) is 6.04 Å². The van der Waals surface area contributed by atoms with E-state index >= 15 is 0 Å². The van der Waals surface area contributed by atoms with Gasteiger partial charge in [-0.25, -0.2) is 0 Å². The van der Waals surface area contributed by atoms with E-state index in [1.165, 1.54) is 12.1 Å². The smallest absolute Gasteiger partial charge is 0.326 e. The number of nitrogens with one attached hydrogen (secondary N) is 1. The van der Waals surface area contributed by atoms with E-state index in [1.807, 2.05) is 72.9 Å². The van der Waals surface area contributed by atoms with Crippen LogP contribution in [0.1, 0.15) is 35.7 Å². The molecule has 3 aromatic rings. The first kappa shape index (κ1) is 20.6. The summed E-state index contributed by atoms with van der Waals surface area (Å²) in [5, 5.41) is 4.55. The van der Waals surface area contributed by atoms with E-state index in [-0.39, 0.29) is 17.6 Å². The fourth-order valence-corrected chi connectivity index (χ4v) is 3.16. The molecule has 1 amide bonds. The number of carbonyl (C=O) groups is 1. The highest BCUT2D eigenvalue weighted by Gasteiger charge is 2.31. The van der Waals surface area contributed by atoms with Gasteiger partial charge in [-0.1, -0.05) is 66.7 Å². The second-order valence-corrected chi connectivity index (χ2v) is 6.85. The molecule has 0 fully saturated rings. The van der Waals surface area contributed by atoms with Gasteiger partial charge in [-0.15, -0.1) is 0 Å². The Kier molecular flexibility index (Phi) is 6.34. The summed E-state index contributed by atoms with van der Waals surface area (Å²) in [7, 11) is 0. The minimum Gasteiger partial charge on any atom is -0.326 e. The molecule has 0 aliphatic carbocycles. The van der Waals surface area contributed by atoms with E-state index in [0.717, 1.165) is 23.3 Å². The number of alkyl halides is 3. The van der Waals surface area contributed by atoms with Gasteiger partial charge in [-0.3, -0.25) is 4.79 Å². The zero-order valence-electron chi connectivity index (χ0n) is 15.9. The lowest BCUT2D eigenvalue weighted by Crippen LogP contribution is -2.87. The molecule has 0 saturated carbocycles. The van der Waals surface area contributed by atoms with Crippen molar-refractivity contribution in [3.63, 3.8) is 0 Å². The van der Waals surface area contributed by atoms with Crippen molar-refractivity contribution in [3.8, 4) is 0 Å². The fourth-order valence-electron chi connectivity index (χ4n) is 3.16. The number of hydrogen-bond donors (Lipinski definition) is 2. The Hall–Kier alpha value is -3.12. The van der Waals surface area contributed by atoms with Crippen LogP contribution in [0.3, 0.4) is 0 Å². The zero-order chi connectivity index (χ0) is 20.9. The van der Waals surface area contributed by atoms with Crippen molar-refractivity contribution in [2.75, 3.05) is 5.32 Å². The molecule has 0 heterocycles. The summed E-state index contributed by atoms with van der Waals surface area (Å²) >= 11 is 0. The highest BCUT2D eigenvalue weighted by Crippen LogP contribution is 2.30. The Labute approximate surface area is 167 Å². The van der Waals surface area contributed by atoms with Gasteiger partial charge in [-0.05, 0) is 25.1 Å². The molecule has 0 saturated heterocycles. The van der Waals surface area contributed by atoms with E-state index in [1.54, 1.807) is 0 Å². The lowest BCUT2D eigenvalue weighted by Gasteiger charge is -2.20. The summed E-state index contributed by atoms with van der Waals surface area (Å²) in [5.74, 6) is -0.377. The highest BCUT2D eigenvalue weighted by atomic mass is 19.4. The first-order chi connectivity index (χ1) is 13.8. The van der Waals surface area contributed by atoms with Gasteiger partial charge in [0, 0.05) is 16.8 Å². The van der Waals surface area contributed by atoms with Crippen LogP contribution in [0.5, 0.6) is 0 Å². The Morgan fingerprint density at radius 3 is 2.03 bits per heavy atom. The molecule has 0 aromatic heterocycles. The summed E-state index contributed by atoms with van der Waals surface area (Å²) in [6, 6.07) is 23.0. The van der Waals surface area contributed by atoms with Gasteiger partial charge >= 0.3 is 6.18 Å². The summed E-state index contributed by atoms with van der Waals surface area (Å²) < 4.78 is 38.9. The SMILES string of the molecule is C[C@@H]([NH2+][C@H](C(=O)Nc1cccc(C(F)(F)F)c1)c1ccccc1)c1ccccc1. The van der Waals surface area contributed by atoms with Crippen molar-refractivity contribution in [2.24, 2.45) is 0 Å². The lowest BCUT2D eigenvalue weighted by molar-refractivity contribution is -0.718. The second-order valence-electron chi connectivity index (χ2n) is 6.85. The molecular formula is C23H22F3N2O+. The topological polar surface area (TPSA) is 45.7 Å². The van der Waals surface area contributed by atoms with Crippen LogP contribution >= 0.6 is 0 Å². The molecule has 0 radical (unpaired) electrons. The summed E-state index contributed by atoms with van der Waals surface area (Å²) in [5.41, 5.74) is 1.15. The number of benzene rings is 3. The van der Waals surface area contributed by atoms with E-state index < -0.39 is 17.8 Å². The quantitative estimate of drug-likeness (QED) is 0.620. The van der Waals surface area contributed by atoms with Crippen LogP contribution in [0.4, 0.5) is 18.9 Å². The van der Waals surface area contributed by atoms with Crippen molar-refractivity contribution in [1.82, 2.24) is 0 Å². The standard InChI is InChI=1S/C23H21F3N2O/c1-16(17-9-4-2-5-10-17)27-21(18-11-6-3-7-12-18)22(29)28-20-14-8-13-19(15-20)23(24,25)26/h2-16,21,27H,1H3,(H,28,29)/p+1/t16-,21+/m1/s1. The molecule has 6 heteroatoms. The maximum Gasteiger partial charge on any atom is 0.416 e. The van der Waals surface area contributed by atoms with Crippen molar-refractivity contribution in [2.45, 2.75) is 25.2 Å². The van der Waals surface area contributed by atoms with Crippen molar-refractivity contribution < 1.29 is 23.3 Å². The molecule has 2 atom stereocenters. The summed E-state index contributed by atoms with van der Waals surface area (Å²) in [6.07, 6.45) is -4.46. The number of rotatable bonds is 6. The number of halogens is 3. The molecule has 0 unspecified atom stereocenters. The highest BCUT2D eigenvalue weighted by molar-refractivity contribution is 5.94. The molecule has 0 bridgehead atoms. The average molecular weight is 399 g/mol. The van der Waals surface area contributed by atoms with Gasteiger partial charge in [0.05, 0.1) is 5.56 Å². The zero-order valence-corrected chi connectivity index (χ0v) is 15.9. The van der Waals surface area contributed by atoms with Gasteiger partial charge in [0.2, 0.25) is 0 Å². The van der Waals surface area contributed by atoms with Gasteiger partial charge in [-0.2, -0.15) is 13.2 Å². The van der Waals surface area contributed by atoms with Gasteiger partial charge in [0.25, 0.3) is 5.91 Å². The minimum absolute atomic E-state index is 0.0198. The second kappa shape index (κ2) is 8.92. The molecule has 0 aliphatic heterocycles. The predicted molar refractivity (Wildman–Crippen MR) is 106 cm³/mol. The lowest BCUT2D eigenvalue weighted by atomic mass is 10.0. The summed E-state index contributed by atoms with van der Waals surface area (Å²) in [4.78, 5) is 13.0. The maximum absolute atomic E-state index is 13.0. The molecular weight excluding hydrogens is 377 g/mol. The molecule has 3 nitrogen and oxygen atoms in total. The van der Waals surface area contributed by atoms with E-state index in [2.05, 4.69) is 5.32 Å². The maximum atomic E-state index is 13.0. The first-order valence-corrected chi connectivity index (χ1v) is 9.27. The average Bonchev–Trinajstić information content (AvgIpc) is 2.72. The van der Waals surface area contributed by atoms with Crippen molar-refractivity contribution in [3.05, 3.63) is 102 Å². The summed E-state index contributed by atoms with van der Waals surface area (Å²) in [6.45, 7) is 1.99. The van der Waals surface area contributed by atoms with Crippen molar-refractivity contribution in [1.29, 1.82) is 0 Å². The molecule has 3 N–H and O–H groups in total. The Bertz CT molecular complexity index is 943. The van der Waals surface area contributed by atoms with E-state index in [4.69, 9.17) is 0 Å². The number of nitrogens with two attached hydrogens (primary N) is 1. The van der Waals surface area contributed by atoms with Crippen molar-refractivity contribution >= 4 is 11.6 Å². The number of anilines is 1. The molecule has 29 heavy (non-hydrogen) atoms. The van der Waals surface area contributed by atoms with Gasteiger partial charge in [0.1, 0.15) is 6.04 Å². The third kappa shape index (κ3) is 5.45. The van der Waals surface area contributed by atoms with Crippen LogP contribution < -0.4 is 10.6 Å². The fraction of sp³-hybridized carbons (Fsp3) is 0.174. The normalized spacial score (nSPS) is 13.5. The monoisotopic (exact) mass is 399 g/mol. The van der Waals surface area contributed by atoms with Crippen LogP contribution in [-0.2, 0) is 11.0 Å². The Morgan fingerprint density at radius 1 is 0.862 bits per heavy atom. The molecule has 0 aliphatic rings.